The van der Waals surface area contributed by atoms with E-state index in [2.05, 4.69) is 16.0 Å². The van der Waals surface area contributed by atoms with Crippen LogP contribution in [-0.2, 0) is 9.59 Å². The van der Waals surface area contributed by atoms with Gasteiger partial charge >= 0.3 is 0 Å². The van der Waals surface area contributed by atoms with Crippen LogP contribution in [0.1, 0.15) is 40.0 Å². The summed E-state index contributed by atoms with van der Waals surface area (Å²) in [6.07, 6.45) is 2.72. The zero-order chi connectivity index (χ0) is 12.9. The average Bonchev–Trinajstić information content (AvgIpc) is 2.74. The molecule has 0 bridgehead atoms. The quantitative estimate of drug-likeness (QED) is 0.642. The van der Waals surface area contributed by atoms with Crippen LogP contribution in [0.15, 0.2) is 0 Å². The fourth-order valence-electron chi connectivity index (χ4n) is 1.91. The lowest BCUT2D eigenvalue weighted by Gasteiger charge is -2.25. The number of hydrogen-bond donors (Lipinski definition) is 3. The van der Waals surface area contributed by atoms with Crippen LogP contribution in [0.2, 0.25) is 0 Å². The second-order valence-corrected chi connectivity index (χ2v) is 4.85. The molecule has 0 aromatic carbocycles. The normalized spacial score (nSPS) is 25.4. The molecule has 2 atom stereocenters. The molecular formula is C12H23N3O2. The molecule has 0 radical (unpaired) electrons. The van der Waals surface area contributed by atoms with E-state index in [9.17, 15) is 9.59 Å². The summed E-state index contributed by atoms with van der Waals surface area (Å²) in [5.41, 5.74) is -0.515. The van der Waals surface area contributed by atoms with E-state index in [4.69, 9.17) is 0 Å². The van der Waals surface area contributed by atoms with E-state index in [-0.39, 0.29) is 11.8 Å². The second-order valence-electron chi connectivity index (χ2n) is 4.85. The molecule has 0 aromatic heterocycles. The molecule has 3 N–H and O–H groups in total. The first-order valence-corrected chi connectivity index (χ1v) is 6.33. The number of carbonyl (C=O) groups is 2. The lowest BCUT2D eigenvalue weighted by atomic mass is 9.99. The number of amides is 2. The van der Waals surface area contributed by atoms with Crippen LogP contribution in [-0.4, -0.2) is 36.5 Å². The van der Waals surface area contributed by atoms with Crippen molar-refractivity contribution in [1.82, 2.24) is 16.0 Å². The largest absolute Gasteiger partial charge is 0.354 e. The van der Waals surface area contributed by atoms with Crippen LogP contribution in [0.4, 0.5) is 0 Å². The van der Waals surface area contributed by atoms with E-state index in [0.29, 0.717) is 6.54 Å². The SMILES string of the molecule is CCCNC(=O)C(C)NC(=O)C1(C)CCCN1. The highest BCUT2D eigenvalue weighted by atomic mass is 16.2. The van der Waals surface area contributed by atoms with Crippen molar-refractivity contribution < 1.29 is 9.59 Å². The van der Waals surface area contributed by atoms with Crippen molar-refractivity contribution in [3.8, 4) is 0 Å². The van der Waals surface area contributed by atoms with Crippen molar-refractivity contribution in [3.63, 3.8) is 0 Å². The first-order valence-electron chi connectivity index (χ1n) is 6.33. The molecule has 98 valence electrons. The van der Waals surface area contributed by atoms with E-state index < -0.39 is 11.6 Å². The molecule has 5 nitrogen and oxygen atoms in total. The third-order valence-corrected chi connectivity index (χ3v) is 3.16. The average molecular weight is 241 g/mol. The van der Waals surface area contributed by atoms with Gasteiger partial charge in [-0.15, -0.1) is 0 Å². The summed E-state index contributed by atoms with van der Waals surface area (Å²) >= 11 is 0. The van der Waals surface area contributed by atoms with Crippen molar-refractivity contribution in [3.05, 3.63) is 0 Å². The van der Waals surface area contributed by atoms with E-state index in [1.165, 1.54) is 0 Å². The van der Waals surface area contributed by atoms with Crippen LogP contribution in [0.25, 0.3) is 0 Å². The van der Waals surface area contributed by atoms with Crippen LogP contribution in [0, 0.1) is 0 Å². The summed E-state index contributed by atoms with van der Waals surface area (Å²) in [6.45, 7) is 7.09. The standard InChI is InChI=1S/C12H23N3O2/c1-4-7-13-10(16)9(2)15-11(17)12(3)6-5-8-14-12/h9,14H,4-8H2,1-3H3,(H,13,16)(H,15,17). The molecule has 1 rings (SSSR count). The summed E-state index contributed by atoms with van der Waals surface area (Å²) in [5, 5.41) is 8.70. The first kappa shape index (κ1) is 14.0. The minimum atomic E-state index is -0.515. The number of nitrogens with one attached hydrogen (secondary N) is 3. The van der Waals surface area contributed by atoms with Crippen molar-refractivity contribution in [2.45, 2.75) is 51.6 Å². The lowest BCUT2D eigenvalue weighted by Crippen LogP contribution is -2.56. The van der Waals surface area contributed by atoms with Gasteiger partial charge in [0.15, 0.2) is 0 Å². The Bertz CT molecular complexity index is 285. The van der Waals surface area contributed by atoms with E-state index in [1.54, 1.807) is 6.92 Å². The molecule has 0 spiro atoms. The van der Waals surface area contributed by atoms with Crippen LogP contribution < -0.4 is 16.0 Å². The molecule has 1 fully saturated rings. The zero-order valence-electron chi connectivity index (χ0n) is 10.9. The van der Waals surface area contributed by atoms with Gasteiger partial charge in [0, 0.05) is 6.54 Å². The van der Waals surface area contributed by atoms with Gasteiger partial charge in [0.25, 0.3) is 0 Å². The van der Waals surface area contributed by atoms with Crippen molar-refractivity contribution in [2.75, 3.05) is 13.1 Å². The van der Waals surface area contributed by atoms with E-state index in [1.807, 2.05) is 13.8 Å². The minimum Gasteiger partial charge on any atom is -0.354 e. The number of rotatable bonds is 5. The van der Waals surface area contributed by atoms with Crippen molar-refractivity contribution in [1.29, 1.82) is 0 Å². The Morgan fingerprint density at radius 3 is 2.71 bits per heavy atom. The highest BCUT2D eigenvalue weighted by Gasteiger charge is 2.36. The summed E-state index contributed by atoms with van der Waals surface area (Å²) in [7, 11) is 0. The maximum Gasteiger partial charge on any atom is 0.242 e. The van der Waals surface area contributed by atoms with Crippen molar-refractivity contribution in [2.24, 2.45) is 0 Å². The van der Waals surface area contributed by atoms with Gasteiger partial charge in [-0.25, -0.2) is 0 Å². The van der Waals surface area contributed by atoms with Crippen LogP contribution in [0.5, 0.6) is 0 Å². The number of carbonyl (C=O) groups excluding carboxylic acids is 2. The van der Waals surface area contributed by atoms with Gasteiger partial charge in [-0.1, -0.05) is 6.92 Å². The predicted octanol–water partition coefficient (Wildman–Crippen LogP) is 0.159. The Kier molecular flexibility index (Phi) is 4.93. The van der Waals surface area contributed by atoms with Gasteiger partial charge in [-0.3, -0.25) is 9.59 Å². The fourth-order valence-corrected chi connectivity index (χ4v) is 1.91. The Morgan fingerprint density at radius 1 is 1.47 bits per heavy atom. The van der Waals surface area contributed by atoms with Crippen LogP contribution >= 0.6 is 0 Å². The Labute approximate surface area is 103 Å². The van der Waals surface area contributed by atoms with Gasteiger partial charge in [-0.05, 0) is 39.7 Å². The molecule has 1 saturated heterocycles. The van der Waals surface area contributed by atoms with Gasteiger partial charge < -0.3 is 16.0 Å². The maximum absolute atomic E-state index is 12.0. The Balaban J connectivity index is 2.42. The van der Waals surface area contributed by atoms with Gasteiger partial charge in [0.05, 0.1) is 5.54 Å². The van der Waals surface area contributed by atoms with E-state index in [0.717, 1.165) is 25.8 Å². The molecule has 0 aromatic rings. The van der Waals surface area contributed by atoms with Crippen LogP contribution in [0.3, 0.4) is 0 Å². The Hall–Kier alpha value is -1.10. The summed E-state index contributed by atoms with van der Waals surface area (Å²) in [5.74, 6) is -0.212. The molecule has 17 heavy (non-hydrogen) atoms. The third kappa shape index (κ3) is 3.70. The summed E-state index contributed by atoms with van der Waals surface area (Å²) in [4.78, 5) is 23.6. The monoisotopic (exact) mass is 241 g/mol. The third-order valence-electron chi connectivity index (χ3n) is 3.16. The minimum absolute atomic E-state index is 0.0888. The molecule has 5 heteroatoms. The Morgan fingerprint density at radius 2 is 2.18 bits per heavy atom. The number of hydrogen-bond acceptors (Lipinski definition) is 3. The second kappa shape index (κ2) is 6.00. The molecule has 0 saturated carbocycles. The smallest absolute Gasteiger partial charge is 0.242 e. The molecule has 1 aliphatic heterocycles. The van der Waals surface area contributed by atoms with Gasteiger partial charge in [-0.2, -0.15) is 0 Å². The predicted molar refractivity (Wildman–Crippen MR) is 66.5 cm³/mol. The molecule has 2 amide bonds. The molecular weight excluding hydrogens is 218 g/mol. The van der Waals surface area contributed by atoms with Crippen molar-refractivity contribution >= 4 is 11.8 Å². The van der Waals surface area contributed by atoms with E-state index >= 15 is 0 Å². The molecule has 2 unspecified atom stereocenters. The molecule has 1 heterocycles. The lowest BCUT2D eigenvalue weighted by molar-refractivity contribution is -0.131. The zero-order valence-corrected chi connectivity index (χ0v) is 10.9. The maximum atomic E-state index is 12.0. The topological polar surface area (TPSA) is 70.2 Å². The van der Waals surface area contributed by atoms with Gasteiger partial charge in [0.1, 0.15) is 6.04 Å². The first-order chi connectivity index (χ1) is 7.99. The summed E-state index contributed by atoms with van der Waals surface area (Å²) in [6, 6.07) is -0.478. The summed E-state index contributed by atoms with van der Waals surface area (Å²) < 4.78 is 0. The molecule has 0 aliphatic carbocycles. The molecule has 1 aliphatic rings. The highest BCUT2D eigenvalue weighted by Crippen LogP contribution is 2.18. The highest BCUT2D eigenvalue weighted by molar-refractivity contribution is 5.91. The van der Waals surface area contributed by atoms with Gasteiger partial charge in [0.2, 0.25) is 11.8 Å². The fraction of sp³-hybridized carbons (Fsp3) is 0.833.